The maximum Gasteiger partial charge on any atom is 0.573 e. The minimum absolute atomic E-state index is 0.0471. The molecule has 0 aliphatic carbocycles. The molecule has 2 aliphatic heterocycles. The van der Waals surface area contributed by atoms with Gasteiger partial charge in [0.05, 0.1) is 29.8 Å². The SMILES string of the molecule is CN(C(=O)c1csc(C2CCN(C(=O)c3ccccc3OC(F)(F)F)CC2)n1)C(CN1CCOCC1)c1ccccc1. The zero-order valence-corrected chi connectivity index (χ0v) is 24.1. The molecular weight excluding hydrogens is 569 g/mol. The Labute approximate surface area is 246 Å². The van der Waals surface area contributed by atoms with Crippen molar-refractivity contribution in [2.75, 3.05) is 53.0 Å². The quantitative estimate of drug-likeness (QED) is 0.353. The number of amides is 2. The fourth-order valence-corrected chi connectivity index (χ4v) is 6.37. The Morgan fingerprint density at radius 1 is 1.05 bits per heavy atom. The number of hydrogen-bond acceptors (Lipinski definition) is 7. The molecule has 1 aromatic heterocycles. The lowest BCUT2D eigenvalue weighted by molar-refractivity contribution is -0.274. The van der Waals surface area contributed by atoms with Crippen LogP contribution < -0.4 is 4.74 Å². The number of carbonyl (C=O) groups excluding carboxylic acids is 2. The molecule has 0 bridgehead atoms. The van der Waals surface area contributed by atoms with Crippen LogP contribution in [0.3, 0.4) is 0 Å². The number of hydrogen-bond donors (Lipinski definition) is 0. The summed E-state index contributed by atoms with van der Waals surface area (Å²) in [6, 6.07) is 15.2. The number of ether oxygens (including phenoxy) is 2. The van der Waals surface area contributed by atoms with Crippen LogP contribution in [0.2, 0.25) is 0 Å². The molecule has 0 N–H and O–H groups in total. The van der Waals surface area contributed by atoms with E-state index in [0.29, 0.717) is 51.4 Å². The number of benzene rings is 2. The van der Waals surface area contributed by atoms with Gasteiger partial charge >= 0.3 is 6.36 Å². The Morgan fingerprint density at radius 3 is 2.40 bits per heavy atom. The maximum absolute atomic E-state index is 13.6. The third-order valence-corrected chi connectivity index (χ3v) is 8.73. The van der Waals surface area contributed by atoms with Gasteiger partial charge in [-0.15, -0.1) is 24.5 Å². The first-order valence-electron chi connectivity index (χ1n) is 13.9. The minimum atomic E-state index is -4.89. The van der Waals surface area contributed by atoms with Gasteiger partial charge in [-0.25, -0.2) is 4.98 Å². The lowest BCUT2D eigenvalue weighted by Gasteiger charge is -2.35. The van der Waals surface area contributed by atoms with Gasteiger partial charge < -0.3 is 19.3 Å². The van der Waals surface area contributed by atoms with Crippen LogP contribution in [0.4, 0.5) is 13.2 Å². The van der Waals surface area contributed by atoms with Crippen molar-refractivity contribution in [3.05, 3.63) is 81.8 Å². The summed E-state index contributed by atoms with van der Waals surface area (Å²) in [6.45, 7) is 4.39. The fraction of sp³-hybridized carbons (Fsp3) is 0.433. The summed E-state index contributed by atoms with van der Waals surface area (Å²) in [6.07, 6.45) is -3.70. The Bertz CT molecular complexity index is 1360. The van der Waals surface area contributed by atoms with Crippen molar-refractivity contribution in [1.82, 2.24) is 19.7 Å². The van der Waals surface area contributed by atoms with Crippen molar-refractivity contribution >= 4 is 23.2 Å². The summed E-state index contributed by atoms with van der Waals surface area (Å²) in [5.74, 6) is -1.12. The first kappa shape index (κ1) is 30.0. The summed E-state index contributed by atoms with van der Waals surface area (Å²) < 4.78 is 48.0. The van der Waals surface area contributed by atoms with E-state index in [1.54, 1.807) is 15.2 Å². The Hall–Kier alpha value is -3.48. The Morgan fingerprint density at radius 2 is 1.71 bits per heavy atom. The number of likely N-dealkylation sites (N-methyl/N-ethyl adjacent to an activating group) is 1. The number of aromatic nitrogens is 1. The summed E-state index contributed by atoms with van der Waals surface area (Å²) in [4.78, 5) is 37.0. The number of piperidine rings is 1. The highest BCUT2D eigenvalue weighted by atomic mass is 32.1. The van der Waals surface area contributed by atoms with Crippen LogP contribution in [-0.2, 0) is 4.74 Å². The second kappa shape index (κ2) is 13.2. The van der Waals surface area contributed by atoms with E-state index >= 15 is 0 Å². The molecule has 2 aliphatic rings. The molecule has 8 nitrogen and oxygen atoms in total. The number of carbonyl (C=O) groups is 2. The topological polar surface area (TPSA) is 75.2 Å². The normalized spacial score (nSPS) is 17.6. The number of para-hydroxylation sites is 1. The van der Waals surface area contributed by atoms with E-state index < -0.39 is 18.0 Å². The van der Waals surface area contributed by atoms with Crippen molar-refractivity contribution in [3.8, 4) is 5.75 Å². The average molecular weight is 603 g/mol. The molecule has 224 valence electrons. The van der Waals surface area contributed by atoms with Crippen LogP contribution in [0.25, 0.3) is 0 Å². The van der Waals surface area contributed by atoms with Gasteiger partial charge in [0.15, 0.2) is 0 Å². The number of rotatable bonds is 8. The summed E-state index contributed by atoms with van der Waals surface area (Å²) in [7, 11) is 1.81. The summed E-state index contributed by atoms with van der Waals surface area (Å²) in [5.41, 5.74) is 1.31. The molecule has 3 aromatic rings. The zero-order chi connectivity index (χ0) is 29.7. The van der Waals surface area contributed by atoms with Gasteiger partial charge in [-0.3, -0.25) is 14.5 Å². The molecule has 2 fully saturated rings. The molecule has 1 atom stereocenters. The maximum atomic E-state index is 13.6. The van der Waals surface area contributed by atoms with Crippen molar-refractivity contribution in [1.29, 1.82) is 0 Å². The molecule has 0 spiro atoms. The molecule has 0 radical (unpaired) electrons. The van der Waals surface area contributed by atoms with Crippen molar-refractivity contribution < 1.29 is 32.2 Å². The van der Waals surface area contributed by atoms with Crippen LogP contribution in [0.5, 0.6) is 5.75 Å². The highest BCUT2D eigenvalue weighted by Crippen LogP contribution is 2.33. The molecule has 1 unspecified atom stereocenters. The largest absolute Gasteiger partial charge is 0.573 e. The molecule has 12 heteroatoms. The van der Waals surface area contributed by atoms with Gasteiger partial charge in [0.25, 0.3) is 11.8 Å². The van der Waals surface area contributed by atoms with Crippen molar-refractivity contribution in [2.24, 2.45) is 0 Å². The van der Waals surface area contributed by atoms with Gasteiger partial charge in [0, 0.05) is 51.1 Å². The van der Waals surface area contributed by atoms with E-state index in [0.717, 1.165) is 29.7 Å². The van der Waals surface area contributed by atoms with E-state index in [9.17, 15) is 22.8 Å². The highest BCUT2D eigenvalue weighted by Gasteiger charge is 2.35. The van der Waals surface area contributed by atoms with Crippen LogP contribution in [0, 0.1) is 0 Å². The molecule has 5 rings (SSSR count). The summed E-state index contributed by atoms with van der Waals surface area (Å²) >= 11 is 1.43. The second-order valence-corrected chi connectivity index (χ2v) is 11.3. The van der Waals surface area contributed by atoms with Crippen LogP contribution in [0.1, 0.15) is 56.2 Å². The molecule has 0 saturated carbocycles. The van der Waals surface area contributed by atoms with Gasteiger partial charge in [-0.1, -0.05) is 42.5 Å². The van der Waals surface area contributed by atoms with E-state index in [4.69, 9.17) is 9.72 Å². The molecule has 3 heterocycles. The number of alkyl halides is 3. The average Bonchev–Trinajstić information content (AvgIpc) is 3.50. The lowest BCUT2D eigenvalue weighted by Crippen LogP contribution is -2.43. The fourth-order valence-electron chi connectivity index (χ4n) is 5.41. The first-order valence-corrected chi connectivity index (χ1v) is 14.8. The number of morpholine rings is 1. The van der Waals surface area contributed by atoms with Crippen molar-refractivity contribution in [2.45, 2.75) is 31.2 Å². The van der Waals surface area contributed by atoms with Crippen LogP contribution >= 0.6 is 11.3 Å². The van der Waals surface area contributed by atoms with Gasteiger partial charge in [0.2, 0.25) is 0 Å². The van der Waals surface area contributed by atoms with E-state index in [1.807, 2.05) is 37.4 Å². The summed E-state index contributed by atoms with van der Waals surface area (Å²) in [5, 5.41) is 2.61. The van der Waals surface area contributed by atoms with Gasteiger partial charge in [-0.2, -0.15) is 0 Å². The van der Waals surface area contributed by atoms with E-state index in [1.165, 1.54) is 29.5 Å². The van der Waals surface area contributed by atoms with Gasteiger partial charge in [0.1, 0.15) is 11.4 Å². The molecule has 42 heavy (non-hydrogen) atoms. The standard InChI is InChI=1S/C30H33F3N4O4S/c1-35(25(21-7-3-2-4-8-21)19-36-15-17-40-18-16-36)29(39)24-20-42-27(34-24)22-11-13-37(14-12-22)28(38)23-9-5-6-10-26(23)41-30(31,32)33/h2-10,20,22,25H,11-19H2,1H3. The molecular formula is C30H33F3N4O4S. The predicted octanol–water partition coefficient (Wildman–Crippen LogP) is 5.21. The minimum Gasteiger partial charge on any atom is -0.405 e. The van der Waals surface area contributed by atoms with Crippen molar-refractivity contribution in [3.63, 3.8) is 0 Å². The van der Waals surface area contributed by atoms with Crippen LogP contribution in [-0.4, -0.2) is 90.8 Å². The number of likely N-dealkylation sites (tertiary alicyclic amines) is 1. The number of nitrogens with zero attached hydrogens (tertiary/aromatic N) is 4. The lowest BCUT2D eigenvalue weighted by atomic mass is 9.97. The molecule has 2 saturated heterocycles. The molecule has 2 amide bonds. The Balaban J connectivity index is 1.23. The third kappa shape index (κ3) is 7.29. The van der Waals surface area contributed by atoms with Crippen LogP contribution in [0.15, 0.2) is 60.0 Å². The third-order valence-electron chi connectivity index (χ3n) is 7.72. The van der Waals surface area contributed by atoms with E-state index in [-0.39, 0.29) is 23.4 Å². The second-order valence-electron chi connectivity index (χ2n) is 10.4. The van der Waals surface area contributed by atoms with Gasteiger partial charge in [-0.05, 0) is 30.5 Å². The number of thiazole rings is 1. The first-order chi connectivity index (χ1) is 20.2. The van der Waals surface area contributed by atoms with E-state index in [2.05, 4.69) is 9.64 Å². The predicted molar refractivity (Wildman–Crippen MR) is 152 cm³/mol. The smallest absolute Gasteiger partial charge is 0.405 e. The highest BCUT2D eigenvalue weighted by molar-refractivity contribution is 7.09. The number of halogens is 3. The zero-order valence-electron chi connectivity index (χ0n) is 23.3. The monoisotopic (exact) mass is 602 g/mol. The Kier molecular flexibility index (Phi) is 9.44. The molecule has 2 aromatic carbocycles.